The first-order chi connectivity index (χ1) is 35.5. The predicted molar refractivity (Wildman–Crippen MR) is 315 cm³/mol. The van der Waals surface area contributed by atoms with Crippen molar-refractivity contribution < 1.29 is 24.5 Å². The smallest absolute Gasteiger partial charge is 0.305 e. The normalized spacial score (nSPS) is 12.6. The van der Waals surface area contributed by atoms with Crippen molar-refractivity contribution in [2.45, 2.75) is 386 Å². The summed E-state index contributed by atoms with van der Waals surface area (Å²) in [5.74, 6) is -0.0170. The molecule has 0 rings (SSSR count). The lowest BCUT2D eigenvalue weighted by atomic mass is 10.0. The molecule has 0 bridgehead atoms. The molecule has 3 N–H and O–H groups in total. The number of nitrogens with one attached hydrogen (secondary N) is 1. The maximum Gasteiger partial charge on any atom is 0.305 e. The number of ether oxygens (including phenoxy) is 1. The molecule has 2 atom stereocenters. The van der Waals surface area contributed by atoms with Crippen LogP contribution in [-0.4, -0.2) is 47.4 Å². The van der Waals surface area contributed by atoms with Crippen LogP contribution in [0.2, 0.25) is 0 Å². The number of aliphatic hydroxyl groups is 2. The Bertz CT molecular complexity index is 1080. The number of amides is 1. The van der Waals surface area contributed by atoms with Crippen molar-refractivity contribution >= 4 is 11.9 Å². The molecule has 0 heterocycles. The Balaban J connectivity index is 3.33. The van der Waals surface area contributed by atoms with Crippen LogP contribution in [0.3, 0.4) is 0 Å². The Labute approximate surface area is 450 Å². The van der Waals surface area contributed by atoms with E-state index in [1.54, 1.807) is 0 Å². The zero-order valence-electron chi connectivity index (χ0n) is 48.9. The number of aliphatic hydroxyl groups excluding tert-OH is 2. The van der Waals surface area contributed by atoms with Crippen molar-refractivity contribution in [1.82, 2.24) is 5.32 Å². The van der Waals surface area contributed by atoms with Crippen LogP contribution in [0.4, 0.5) is 0 Å². The second kappa shape index (κ2) is 62.1. The van der Waals surface area contributed by atoms with Crippen molar-refractivity contribution in [2.75, 3.05) is 13.2 Å². The first kappa shape index (κ1) is 70.6. The number of esters is 1. The fourth-order valence-electron chi connectivity index (χ4n) is 10.5. The second-order valence-corrected chi connectivity index (χ2v) is 22.8. The van der Waals surface area contributed by atoms with E-state index >= 15 is 0 Å². The topological polar surface area (TPSA) is 95.9 Å². The largest absolute Gasteiger partial charge is 0.466 e. The molecule has 0 aromatic heterocycles. The first-order valence-electron chi connectivity index (χ1n) is 32.9. The van der Waals surface area contributed by atoms with Gasteiger partial charge < -0.3 is 20.3 Å². The standard InChI is InChI=1S/C66H129NO5/c1-3-5-7-9-11-13-15-16-17-18-27-31-34-37-40-44-48-52-56-60-66(71)72-61-57-53-49-45-41-38-35-32-29-26-24-22-20-19-21-23-25-28-30-33-36-39-43-47-51-55-59-65(70)67-63(62-68)64(69)58-54-50-46-42-14-12-10-8-6-4-2/h19,21,63-64,68-69H,3-18,20,22-62H2,1-2H3,(H,67,70)/b21-19-. The molecule has 6 heteroatoms. The minimum atomic E-state index is -0.663. The Morgan fingerprint density at radius 2 is 0.653 bits per heavy atom. The molecule has 1 amide bonds. The van der Waals surface area contributed by atoms with E-state index < -0.39 is 12.1 Å². The van der Waals surface area contributed by atoms with Crippen LogP contribution in [0.1, 0.15) is 373 Å². The van der Waals surface area contributed by atoms with E-state index in [-0.39, 0.29) is 18.5 Å². The van der Waals surface area contributed by atoms with Crippen LogP contribution in [0.25, 0.3) is 0 Å². The molecule has 0 radical (unpaired) electrons. The van der Waals surface area contributed by atoms with Gasteiger partial charge in [0.25, 0.3) is 0 Å². The summed E-state index contributed by atoms with van der Waals surface area (Å²) >= 11 is 0. The maximum atomic E-state index is 12.4. The highest BCUT2D eigenvalue weighted by atomic mass is 16.5. The van der Waals surface area contributed by atoms with Gasteiger partial charge in [-0.2, -0.15) is 0 Å². The lowest BCUT2D eigenvalue weighted by molar-refractivity contribution is -0.143. The lowest BCUT2D eigenvalue weighted by Crippen LogP contribution is -2.45. The molecule has 72 heavy (non-hydrogen) atoms. The fraction of sp³-hybridized carbons (Fsp3) is 0.939. The summed E-state index contributed by atoms with van der Waals surface area (Å²) in [5, 5.41) is 23.2. The molecule has 6 nitrogen and oxygen atoms in total. The molecule has 2 unspecified atom stereocenters. The molecular weight excluding hydrogens is 887 g/mol. The van der Waals surface area contributed by atoms with E-state index in [2.05, 4.69) is 31.3 Å². The van der Waals surface area contributed by atoms with E-state index in [0.717, 1.165) is 38.5 Å². The third-order valence-electron chi connectivity index (χ3n) is 15.6. The molecule has 0 aliphatic rings. The monoisotopic (exact) mass is 1020 g/mol. The van der Waals surface area contributed by atoms with Crippen LogP contribution in [-0.2, 0) is 14.3 Å². The fourth-order valence-corrected chi connectivity index (χ4v) is 10.5. The molecule has 0 aliphatic heterocycles. The third-order valence-corrected chi connectivity index (χ3v) is 15.6. The van der Waals surface area contributed by atoms with Crippen LogP contribution in [0.15, 0.2) is 12.2 Å². The average molecular weight is 1020 g/mol. The van der Waals surface area contributed by atoms with Crippen molar-refractivity contribution in [3.8, 4) is 0 Å². The van der Waals surface area contributed by atoms with Gasteiger partial charge in [0.2, 0.25) is 5.91 Å². The summed E-state index contributed by atoms with van der Waals surface area (Å²) in [6.07, 6.45) is 75.4. The van der Waals surface area contributed by atoms with Crippen molar-refractivity contribution in [3.63, 3.8) is 0 Å². The van der Waals surface area contributed by atoms with Gasteiger partial charge >= 0.3 is 5.97 Å². The predicted octanol–water partition coefficient (Wildman–Crippen LogP) is 20.8. The number of carbonyl (C=O) groups excluding carboxylic acids is 2. The molecular formula is C66H129NO5. The molecule has 428 valence electrons. The maximum absolute atomic E-state index is 12.4. The molecule has 0 fully saturated rings. The van der Waals surface area contributed by atoms with Crippen LogP contribution < -0.4 is 5.32 Å². The summed E-state index contributed by atoms with van der Waals surface area (Å²) in [6.45, 7) is 4.97. The Morgan fingerprint density at radius 1 is 0.375 bits per heavy atom. The quantitative estimate of drug-likeness (QED) is 0.0320. The highest BCUT2D eigenvalue weighted by molar-refractivity contribution is 5.76. The Morgan fingerprint density at radius 3 is 0.986 bits per heavy atom. The van der Waals surface area contributed by atoms with Gasteiger partial charge in [0.1, 0.15) is 0 Å². The number of unbranched alkanes of at least 4 members (excludes halogenated alkanes) is 49. The van der Waals surface area contributed by atoms with E-state index in [4.69, 9.17) is 4.74 Å². The summed E-state index contributed by atoms with van der Waals surface area (Å²) in [4.78, 5) is 24.5. The van der Waals surface area contributed by atoms with Crippen LogP contribution in [0.5, 0.6) is 0 Å². The van der Waals surface area contributed by atoms with Gasteiger partial charge in [-0.05, 0) is 51.4 Å². The third kappa shape index (κ3) is 57.9. The molecule has 0 aliphatic carbocycles. The zero-order valence-corrected chi connectivity index (χ0v) is 48.9. The SMILES string of the molecule is CCCCCCCCCCCCCCCCCCCCCC(=O)OCCCCCCCCCCCCCC/C=C\CCCCCCCCCCCCC(=O)NC(CO)C(O)CCCCCCCCCCCC. The van der Waals surface area contributed by atoms with E-state index in [9.17, 15) is 19.8 Å². The Hall–Kier alpha value is -1.40. The van der Waals surface area contributed by atoms with Gasteiger partial charge in [0, 0.05) is 12.8 Å². The molecule has 0 spiro atoms. The van der Waals surface area contributed by atoms with E-state index in [0.29, 0.717) is 25.9 Å². The van der Waals surface area contributed by atoms with Gasteiger partial charge in [-0.1, -0.05) is 321 Å². The van der Waals surface area contributed by atoms with Crippen molar-refractivity contribution in [3.05, 3.63) is 12.2 Å². The zero-order chi connectivity index (χ0) is 52.2. The van der Waals surface area contributed by atoms with Crippen LogP contribution >= 0.6 is 0 Å². The highest BCUT2D eigenvalue weighted by Gasteiger charge is 2.20. The van der Waals surface area contributed by atoms with Crippen LogP contribution in [0, 0.1) is 0 Å². The lowest BCUT2D eigenvalue weighted by Gasteiger charge is -2.22. The number of rotatable bonds is 62. The number of allylic oxidation sites excluding steroid dienone is 2. The van der Waals surface area contributed by atoms with Gasteiger partial charge in [-0.3, -0.25) is 9.59 Å². The number of carbonyl (C=O) groups is 2. The summed E-state index contributed by atoms with van der Waals surface area (Å²) in [6, 6.07) is -0.540. The molecule has 0 saturated heterocycles. The minimum Gasteiger partial charge on any atom is -0.466 e. The van der Waals surface area contributed by atoms with Crippen molar-refractivity contribution in [1.29, 1.82) is 0 Å². The van der Waals surface area contributed by atoms with Gasteiger partial charge in [0.05, 0.1) is 25.4 Å². The van der Waals surface area contributed by atoms with Gasteiger partial charge in [-0.25, -0.2) is 0 Å². The molecule has 0 aromatic carbocycles. The van der Waals surface area contributed by atoms with Gasteiger partial charge in [0.15, 0.2) is 0 Å². The summed E-state index contributed by atoms with van der Waals surface area (Å²) < 4.78 is 5.51. The molecule has 0 aromatic rings. The summed E-state index contributed by atoms with van der Waals surface area (Å²) in [5.41, 5.74) is 0. The van der Waals surface area contributed by atoms with Gasteiger partial charge in [-0.15, -0.1) is 0 Å². The van der Waals surface area contributed by atoms with Crippen molar-refractivity contribution in [2.24, 2.45) is 0 Å². The second-order valence-electron chi connectivity index (χ2n) is 22.8. The van der Waals surface area contributed by atoms with E-state index in [1.807, 2.05) is 0 Å². The average Bonchev–Trinajstić information content (AvgIpc) is 3.38. The summed E-state index contributed by atoms with van der Waals surface area (Å²) in [7, 11) is 0. The Kier molecular flexibility index (Phi) is 60.9. The van der Waals surface area contributed by atoms with E-state index in [1.165, 1.54) is 302 Å². The first-order valence-corrected chi connectivity index (χ1v) is 32.9. The number of hydrogen-bond donors (Lipinski definition) is 3. The highest BCUT2D eigenvalue weighted by Crippen LogP contribution is 2.18. The minimum absolute atomic E-state index is 0.0198. The number of hydrogen-bond acceptors (Lipinski definition) is 5. The molecule has 0 saturated carbocycles.